The summed E-state index contributed by atoms with van der Waals surface area (Å²) in [5.41, 5.74) is 2.33. The van der Waals surface area contributed by atoms with Crippen LogP contribution in [0.15, 0.2) is 17.5 Å². The third-order valence-electron chi connectivity index (χ3n) is 1.97. The number of rotatable bonds is 1. The number of aromatic nitrogens is 2. The van der Waals surface area contributed by atoms with Crippen LogP contribution >= 0.6 is 23.6 Å². The Labute approximate surface area is 91.7 Å². The number of aryl methyl sites for hydroxylation is 2. The van der Waals surface area contributed by atoms with E-state index in [1.165, 1.54) is 10.4 Å². The third-order valence-corrected chi connectivity index (χ3v) is 3.23. The fourth-order valence-corrected chi connectivity index (χ4v) is 2.50. The number of hydrogen-bond acceptors (Lipinski definition) is 3. The zero-order valence-corrected chi connectivity index (χ0v) is 9.63. The number of hydrogen-bond donors (Lipinski definition) is 1. The van der Waals surface area contributed by atoms with E-state index in [0.29, 0.717) is 4.64 Å². The molecule has 2 aromatic heterocycles. The van der Waals surface area contributed by atoms with Crippen LogP contribution in [0.3, 0.4) is 0 Å². The Kier molecular flexibility index (Phi) is 2.48. The van der Waals surface area contributed by atoms with Gasteiger partial charge in [-0.2, -0.15) is 0 Å². The highest BCUT2D eigenvalue weighted by atomic mass is 32.1. The van der Waals surface area contributed by atoms with E-state index in [-0.39, 0.29) is 0 Å². The minimum atomic E-state index is 0.643. The van der Waals surface area contributed by atoms with Crippen LogP contribution in [0.25, 0.3) is 10.6 Å². The Balaban J connectivity index is 2.63. The van der Waals surface area contributed by atoms with Crippen molar-refractivity contribution in [2.24, 2.45) is 0 Å². The van der Waals surface area contributed by atoms with Gasteiger partial charge in [0.25, 0.3) is 0 Å². The normalized spacial score (nSPS) is 10.4. The maximum absolute atomic E-state index is 5.08. The van der Waals surface area contributed by atoms with Crippen LogP contribution < -0.4 is 0 Å². The third kappa shape index (κ3) is 1.76. The molecular formula is C10H10N2S2. The lowest BCUT2D eigenvalue weighted by atomic mass is 10.2. The van der Waals surface area contributed by atoms with Gasteiger partial charge in [-0.3, -0.25) is 0 Å². The summed E-state index contributed by atoms with van der Waals surface area (Å²) in [7, 11) is 0. The molecule has 0 spiro atoms. The van der Waals surface area contributed by atoms with Crippen molar-refractivity contribution in [2.75, 3.05) is 0 Å². The van der Waals surface area contributed by atoms with E-state index in [1.807, 2.05) is 13.0 Å². The number of nitrogens with one attached hydrogen (secondary N) is 1. The first-order valence-electron chi connectivity index (χ1n) is 4.29. The molecule has 0 radical (unpaired) electrons. The van der Waals surface area contributed by atoms with Crippen molar-refractivity contribution in [1.82, 2.24) is 9.97 Å². The monoisotopic (exact) mass is 222 g/mol. The molecule has 0 saturated heterocycles. The predicted octanol–water partition coefficient (Wildman–Crippen LogP) is 3.48. The molecule has 0 bridgehead atoms. The van der Waals surface area contributed by atoms with Gasteiger partial charge in [0.05, 0.1) is 10.6 Å². The van der Waals surface area contributed by atoms with Gasteiger partial charge >= 0.3 is 0 Å². The minimum absolute atomic E-state index is 0.643. The van der Waals surface area contributed by atoms with Gasteiger partial charge in [0, 0.05) is 0 Å². The van der Waals surface area contributed by atoms with Gasteiger partial charge in [-0.25, -0.2) is 4.98 Å². The van der Waals surface area contributed by atoms with Crippen molar-refractivity contribution in [3.8, 4) is 10.6 Å². The molecule has 0 aliphatic heterocycles. The number of thiophene rings is 1. The summed E-state index contributed by atoms with van der Waals surface area (Å²) in [4.78, 5) is 8.60. The number of H-pyrrole nitrogens is 1. The molecule has 0 fully saturated rings. The molecule has 14 heavy (non-hydrogen) atoms. The van der Waals surface area contributed by atoms with E-state index < -0.39 is 0 Å². The Hall–Kier alpha value is -1.00. The van der Waals surface area contributed by atoms with E-state index in [4.69, 9.17) is 12.2 Å². The summed E-state index contributed by atoms with van der Waals surface area (Å²) < 4.78 is 0.643. The molecular weight excluding hydrogens is 212 g/mol. The van der Waals surface area contributed by atoms with E-state index in [9.17, 15) is 0 Å². The summed E-state index contributed by atoms with van der Waals surface area (Å²) in [5.74, 6) is 0.861. The minimum Gasteiger partial charge on any atom is -0.343 e. The van der Waals surface area contributed by atoms with Gasteiger partial charge in [0.1, 0.15) is 10.5 Å². The molecule has 2 nitrogen and oxygen atoms in total. The molecule has 0 saturated carbocycles. The topological polar surface area (TPSA) is 28.7 Å². The SMILES string of the molecule is Cc1nc(=S)cc(-c2sccc2C)[nH]1. The van der Waals surface area contributed by atoms with Crippen LogP contribution in [0.4, 0.5) is 0 Å². The highest BCUT2D eigenvalue weighted by Crippen LogP contribution is 2.27. The van der Waals surface area contributed by atoms with Crippen molar-refractivity contribution >= 4 is 23.6 Å². The zero-order valence-electron chi connectivity index (χ0n) is 8.00. The zero-order chi connectivity index (χ0) is 10.1. The molecule has 0 unspecified atom stereocenters. The van der Waals surface area contributed by atoms with Gasteiger partial charge in [-0.05, 0) is 36.9 Å². The van der Waals surface area contributed by atoms with Crippen LogP contribution in [0.1, 0.15) is 11.4 Å². The molecule has 4 heteroatoms. The van der Waals surface area contributed by atoms with Crippen molar-refractivity contribution in [3.05, 3.63) is 33.5 Å². The lowest BCUT2D eigenvalue weighted by Gasteiger charge is -2.01. The predicted molar refractivity (Wildman–Crippen MR) is 62.2 cm³/mol. The summed E-state index contributed by atoms with van der Waals surface area (Å²) >= 11 is 6.79. The maximum atomic E-state index is 5.08. The summed E-state index contributed by atoms with van der Waals surface area (Å²) in [5, 5.41) is 2.08. The fourth-order valence-electron chi connectivity index (χ4n) is 1.35. The second-order valence-corrected chi connectivity index (χ2v) is 4.49. The average Bonchev–Trinajstić information content (AvgIpc) is 2.49. The molecule has 1 N–H and O–H groups in total. The number of nitrogens with zero attached hydrogens (tertiary/aromatic N) is 1. The van der Waals surface area contributed by atoms with E-state index in [1.54, 1.807) is 11.3 Å². The lowest BCUT2D eigenvalue weighted by molar-refractivity contribution is 1.05. The molecule has 72 valence electrons. The van der Waals surface area contributed by atoms with Gasteiger partial charge in [-0.1, -0.05) is 12.2 Å². The first kappa shape index (κ1) is 9.55. The summed E-state index contributed by atoms with van der Waals surface area (Å²) in [6, 6.07) is 4.01. The first-order valence-corrected chi connectivity index (χ1v) is 5.58. The van der Waals surface area contributed by atoms with Crippen molar-refractivity contribution in [1.29, 1.82) is 0 Å². The van der Waals surface area contributed by atoms with Crippen LogP contribution in [-0.4, -0.2) is 9.97 Å². The molecule has 0 aliphatic rings. The van der Waals surface area contributed by atoms with Crippen molar-refractivity contribution in [2.45, 2.75) is 13.8 Å². The number of aromatic amines is 1. The standard InChI is InChI=1S/C10H10N2S2/c1-6-3-4-14-10(6)8-5-9(13)12-7(2)11-8/h3-5H,1-2H3,(H,11,12,13). The van der Waals surface area contributed by atoms with Gasteiger partial charge in [-0.15, -0.1) is 11.3 Å². The van der Waals surface area contributed by atoms with Gasteiger partial charge < -0.3 is 4.98 Å². The molecule has 2 heterocycles. The molecule has 0 aliphatic carbocycles. The largest absolute Gasteiger partial charge is 0.343 e. The quantitative estimate of drug-likeness (QED) is 0.748. The molecule has 2 aromatic rings. The van der Waals surface area contributed by atoms with Gasteiger partial charge in [0.2, 0.25) is 0 Å². The van der Waals surface area contributed by atoms with E-state index >= 15 is 0 Å². The molecule has 0 amide bonds. The Morgan fingerprint density at radius 3 is 2.79 bits per heavy atom. The first-order chi connectivity index (χ1) is 6.66. The molecule has 2 rings (SSSR count). The van der Waals surface area contributed by atoms with Crippen LogP contribution in [-0.2, 0) is 0 Å². The van der Waals surface area contributed by atoms with E-state index in [0.717, 1.165) is 11.5 Å². The maximum Gasteiger partial charge on any atom is 0.130 e. The van der Waals surface area contributed by atoms with Gasteiger partial charge in [0.15, 0.2) is 0 Å². The van der Waals surface area contributed by atoms with Crippen LogP contribution in [0.2, 0.25) is 0 Å². The molecule has 0 aromatic carbocycles. The van der Waals surface area contributed by atoms with E-state index in [2.05, 4.69) is 28.3 Å². The van der Waals surface area contributed by atoms with Crippen LogP contribution in [0, 0.1) is 18.5 Å². The second-order valence-electron chi connectivity index (χ2n) is 3.15. The Bertz CT molecular complexity index is 511. The Morgan fingerprint density at radius 2 is 2.21 bits per heavy atom. The lowest BCUT2D eigenvalue weighted by Crippen LogP contribution is -1.90. The molecule has 0 atom stereocenters. The summed E-state index contributed by atoms with van der Waals surface area (Å²) in [6.07, 6.45) is 0. The van der Waals surface area contributed by atoms with Crippen LogP contribution in [0.5, 0.6) is 0 Å². The smallest absolute Gasteiger partial charge is 0.130 e. The second kappa shape index (κ2) is 3.63. The highest BCUT2D eigenvalue weighted by Gasteiger charge is 2.04. The van der Waals surface area contributed by atoms with Crippen molar-refractivity contribution < 1.29 is 0 Å². The summed E-state index contributed by atoms with van der Waals surface area (Å²) in [6.45, 7) is 4.01. The van der Waals surface area contributed by atoms with Crippen molar-refractivity contribution in [3.63, 3.8) is 0 Å². The fraction of sp³-hybridized carbons (Fsp3) is 0.200. The average molecular weight is 222 g/mol. The Morgan fingerprint density at radius 1 is 1.43 bits per heavy atom. The highest BCUT2D eigenvalue weighted by molar-refractivity contribution is 7.71.